The SMILES string of the molecule is COc1ccc(-c2cccc3c2COC3=O)c(OC(C)C2(C(=O)O)CCC2)c1OC. The molecule has 0 radical (unpaired) electrons. The van der Waals surface area contributed by atoms with Crippen molar-refractivity contribution in [3.63, 3.8) is 0 Å². The number of cyclic esters (lactones) is 1. The van der Waals surface area contributed by atoms with Crippen molar-refractivity contribution in [3.05, 3.63) is 41.5 Å². The van der Waals surface area contributed by atoms with Crippen LogP contribution in [0.1, 0.15) is 42.1 Å². The third-order valence-electron chi connectivity index (χ3n) is 6.28. The molecular weight excluding hydrogens is 388 g/mol. The Labute approximate surface area is 174 Å². The van der Waals surface area contributed by atoms with E-state index in [0.717, 1.165) is 17.5 Å². The van der Waals surface area contributed by atoms with Gasteiger partial charge in [0, 0.05) is 11.1 Å². The Morgan fingerprint density at radius 2 is 1.80 bits per heavy atom. The first-order chi connectivity index (χ1) is 14.4. The van der Waals surface area contributed by atoms with E-state index >= 15 is 0 Å². The van der Waals surface area contributed by atoms with Gasteiger partial charge in [-0.25, -0.2) is 4.79 Å². The maximum Gasteiger partial charge on any atom is 0.338 e. The monoisotopic (exact) mass is 412 g/mol. The summed E-state index contributed by atoms with van der Waals surface area (Å²) in [5.74, 6) is 0.0299. The fraction of sp³-hybridized carbons (Fsp3) is 0.391. The lowest BCUT2D eigenvalue weighted by molar-refractivity contribution is -0.162. The molecule has 4 rings (SSSR count). The quantitative estimate of drug-likeness (QED) is 0.686. The average Bonchev–Trinajstić information content (AvgIpc) is 3.07. The summed E-state index contributed by atoms with van der Waals surface area (Å²) in [6.07, 6.45) is 1.40. The van der Waals surface area contributed by atoms with E-state index < -0.39 is 17.5 Å². The molecule has 1 N–H and O–H groups in total. The van der Waals surface area contributed by atoms with Crippen LogP contribution < -0.4 is 14.2 Å². The Bertz CT molecular complexity index is 1010. The predicted octanol–water partition coefficient (Wildman–Crippen LogP) is 4.06. The van der Waals surface area contributed by atoms with Gasteiger partial charge < -0.3 is 24.1 Å². The number of rotatable bonds is 7. The fourth-order valence-electron chi connectivity index (χ4n) is 4.27. The van der Waals surface area contributed by atoms with Crippen LogP contribution in [0.15, 0.2) is 30.3 Å². The van der Waals surface area contributed by atoms with Crippen LogP contribution in [0.5, 0.6) is 17.2 Å². The number of carbonyl (C=O) groups excluding carboxylic acids is 1. The van der Waals surface area contributed by atoms with Gasteiger partial charge in [-0.2, -0.15) is 0 Å². The van der Waals surface area contributed by atoms with Gasteiger partial charge in [0.25, 0.3) is 0 Å². The van der Waals surface area contributed by atoms with Crippen LogP contribution in [0.3, 0.4) is 0 Å². The van der Waals surface area contributed by atoms with E-state index in [9.17, 15) is 14.7 Å². The first-order valence-corrected chi connectivity index (χ1v) is 9.87. The van der Waals surface area contributed by atoms with Gasteiger partial charge in [0.1, 0.15) is 18.1 Å². The number of benzene rings is 2. The van der Waals surface area contributed by atoms with Gasteiger partial charge in [0.15, 0.2) is 11.5 Å². The number of carbonyl (C=O) groups is 2. The number of ether oxygens (including phenoxy) is 4. The number of carboxylic acids is 1. The molecule has 1 aliphatic carbocycles. The Morgan fingerprint density at radius 1 is 1.07 bits per heavy atom. The highest BCUT2D eigenvalue weighted by molar-refractivity contribution is 5.96. The van der Waals surface area contributed by atoms with Crippen molar-refractivity contribution in [2.75, 3.05) is 14.2 Å². The second-order valence-corrected chi connectivity index (χ2v) is 7.66. The van der Waals surface area contributed by atoms with Crippen molar-refractivity contribution in [2.45, 2.75) is 38.9 Å². The van der Waals surface area contributed by atoms with Gasteiger partial charge in [-0.05, 0) is 43.5 Å². The molecule has 1 aliphatic heterocycles. The predicted molar refractivity (Wildman–Crippen MR) is 108 cm³/mol. The van der Waals surface area contributed by atoms with Gasteiger partial charge >= 0.3 is 11.9 Å². The first kappa shape index (κ1) is 20.1. The lowest BCUT2D eigenvalue weighted by Gasteiger charge is -2.42. The normalized spacial score (nSPS) is 17.4. The number of fused-ring (bicyclic) bond motifs is 1. The smallest absolute Gasteiger partial charge is 0.338 e. The molecule has 7 heteroatoms. The minimum Gasteiger partial charge on any atom is -0.493 e. The molecule has 1 saturated carbocycles. The van der Waals surface area contributed by atoms with Crippen molar-refractivity contribution in [1.82, 2.24) is 0 Å². The molecule has 2 aromatic rings. The maximum atomic E-state index is 12.0. The van der Waals surface area contributed by atoms with Gasteiger partial charge in [0.05, 0.1) is 19.8 Å². The van der Waals surface area contributed by atoms with E-state index in [-0.39, 0.29) is 12.6 Å². The number of hydrogen-bond acceptors (Lipinski definition) is 6. The van der Waals surface area contributed by atoms with Gasteiger partial charge in [0.2, 0.25) is 5.75 Å². The summed E-state index contributed by atoms with van der Waals surface area (Å²) in [4.78, 5) is 24.0. The van der Waals surface area contributed by atoms with Crippen molar-refractivity contribution in [2.24, 2.45) is 5.41 Å². The zero-order valence-corrected chi connectivity index (χ0v) is 17.2. The maximum absolute atomic E-state index is 12.0. The second-order valence-electron chi connectivity index (χ2n) is 7.66. The minimum absolute atomic E-state index is 0.173. The summed E-state index contributed by atoms with van der Waals surface area (Å²) in [7, 11) is 3.04. The third-order valence-corrected chi connectivity index (χ3v) is 6.28. The lowest BCUT2D eigenvalue weighted by atomic mass is 9.65. The van der Waals surface area contributed by atoms with Crippen molar-refractivity contribution in [1.29, 1.82) is 0 Å². The van der Waals surface area contributed by atoms with Crippen LogP contribution in [0, 0.1) is 5.41 Å². The molecule has 158 valence electrons. The summed E-state index contributed by atoms with van der Waals surface area (Å²) in [5.41, 5.74) is 1.82. The molecule has 1 heterocycles. The molecule has 0 spiro atoms. The summed E-state index contributed by atoms with van der Waals surface area (Å²) in [6, 6.07) is 8.99. The van der Waals surface area contributed by atoms with Crippen LogP contribution in [0.4, 0.5) is 0 Å². The van der Waals surface area contributed by atoms with E-state index in [0.29, 0.717) is 41.2 Å². The van der Waals surface area contributed by atoms with Crippen molar-refractivity contribution in [3.8, 4) is 28.4 Å². The molecule has 0 bridgehead atoms. The molecule has 2 aromatic carbocycles. The summed E-state index contributed by atoms with van der Waals surface area (Å²) in [6.45, 7) is 1.95. The van der Waals surface area contributed by atoms with E-state index in [1.807, 2.05) is 12.1 Å². The molecule has 1 unspecified atom stereocenters. The highest BCUT2D eigenvalue weighted by Gasteiger charge is 2.50. The number of carboxylic acid groups (broad SMARTS) is 1. The Balaban J connectivity index is 1.85. The van der Waals surface area contributed by atoms with Crippen LogP contribution >= 0.6 is 0 Å². The topological polar surface area (TPSA) is 91.3 Å². The zero-order chi connectivity index (χ0) is 21.5. The average molecular weight is 412 g/mol. The number of hydrogen-bond donors (Lipinski definition) is 1. The Morgan fingerprint density at radius 3 is 2.40 bits per heavy atom. The fourth-order valence-corrected chi connectivity index (χ4v) is 4.27. The van der Waals surface area contributed by atoms with E-state index in [1.54, 1.807) is 25.1 Å². The molecular formula is C23H24O7. The minimum atomic E-state index is -0.928. The van der Waals surface area contributed by atoms with Crippen LogP contribution in [0.25, 0.3) is 11.1 Å². The highest BCUT2D eigenvalue weighted by atomic mass is 16.5. The second kappa shape index (κ2) is 7.55. The zero-order valence-electron chi connectivity index (χ0n) is 17.2. The molecule has 0 saturated heterocycles. The Hall–Kier alpha value is -3.22. The summed E-state index contributed by atoms with van der Waals surface area (Å²) in [5, 5.41) is 9.81. The van der Waals surface area contributed by atoms with Crippen LogP contribution in [-0.4, -0.2) is 37.4 Å². The van der Waals surface area contributed by atoms with Crippen LogP contribution in [0.2, 0.25) is 0 Å². The summed E-state index contributed by atoms with van der Waals surface area (Å²) < 4.78 is 22.5. The molecule has 1 atom stereocenters. The summed E-state index contributed by atoms with van der Waals surface area (Å²) >= 11 is 0. The third kappa shape index (κ3) is 2.96. The molecule has 2 aliphatic rings. The molecule has 1 fully saturated rings. The lowest BCUT2D eigenvalue weighted by Crippen LogP contribution is -2.49. The Kier molecular flexibility index (Phi) is 5.05. The van der Waals surface area contributed by atoms with E-state index in [4.69, 9.17) is 18.9 Å². The number of esters is 1. The highest BCUT2D eigenvalue weighted by Crippen LogP contribution is 2.50. The molecule has 0 aromatic heterocycles. The van der Waals surface area contributed by atoms with E-state index in [2.05, 4.69) is 0 Å². The largest absolute Gasteiger partial charge is 0.493 e. The first-order valence-electron chi connectivity index (χ1n) is 9.87. The van der Waals surface area contributed by atoms with Crippen LogP contribution in [-0.2, 0) is 16.1 Å². The molecule has 0 amide bonds. The standard InChI is InChI=1S/C23H24O7/c1-13(23(22(25)26)10-5-11-23)30-19-15(8-9-18(27-2)20(19)28-3)14-6-4-7-16-17(14)12-29-21(16)24/h4,6-9,13H,5,10-12H2,1-3H3,(H,25,26). The number of methoxy groups -OCH3 is 2. The van der Waals surface area contributed by atoms with E-state index in [1.165, 1.54) is 14.2 Å². The molecule has 30 heavy (non-hydrogen) atoms. The number of aliphatic carboxylic acids is 1. The van der Waals surface area contributed by atoms with Gasteiger partial charge in [-0.3, -0.25) is 4.79 Å². The van der Waals surface area contributed by atoms with Gasteiger partial charge in [-0.15, -0.1) is 0 Å². The van der Waals surface area contributed by atoms with Crippen molar-refractivity contribution < 1.29 is 33.6 Å². The van der Waals surface area contributed by atoms with Crippen molar-refractivity contribution >= 4 is 11.9 Å². The molecule has 7 nitrogen and oxygen atoms in total. The van der Waals surface area contributed by atoms with Gasteiger partial charge in [-0.1, -0.05) is 18.6 Å².